The minimum absolute atomic E-state index is 0.246. The SMILES string of the molecule is O=C(O)NCC1CCN(c2nc(-c3ccc(N4CCOCC4)cc3)cc3nccnc23)C1. The number of fused-ring (bicyclic) bond motifs is 1. The van der Waals surface area contributed by atoms with Crippen LogP contribution in [0, 0.1) is 5.92 Å². The van der Waals surface area contributed by atoms with Crippen LogP contribution in [0.1, 0.15) is 6.42 Å². The Hall–Kier alpha value is -3.46. The van der Waals surface area contributed by atoms with Crippen LogP contribution < -0.4 is 15.1 Å². The Bertz CT molecular complexity index is 1100. The minimum Gasteiger partial charge on any atom is -0.465 e. The second-order valence-electron chi connectivity index (χ2n) is 8.19. The third-order valence-electron chi connectivity index (χ3n) is 6.10. The van der Waals surface area contributed by atoms with Crippen LogP contribution in [0.2, 0.25) is 0 Å². The largest absolute Gasteiger partial charge is 0.465 e. The van der Waals surface area contributed by atoms with Gasteiger partial charge in [-0.25, -0.2) is 14.8 Å². The molecule has 2 N–H and O–H groups in total. The molecule has 3 aromatic rings. The number of carboxylic acid groups (broad SMARTS) is 1. The molecule has 2 saturated heterocycles. The number of morpholine rings is 1. The molecule has 1 unspecified atom stereocenters. The van der Waals surface area contributed by atoms with E-state index in [2.05, 4.69) is 49.4 Å². The maximum Gasteiger partial charge on any atom is 0.404 e. The monoisotopic (exact) mass is 434 g/mol. The molecular formula is C23H26N6O3. The zero-order chi connectivity index (χ0) is 21.9. The summed E-state index contributed by atoms with van der Waals surface area (Å²) in [5.41, 5.74) is 4.64. The van der Waals surface area contributed by atoms with E-state index < -0.39 is 6.09 Å². The number of hydrogen-bond donors (Lipinski definition) is 2. The first kappa shape index (κ1) is 20.4. The van der Waals surface area contributed by atoms with Gasteiger partial charge in [0.2, 0.25) is 0 Å². The van der Waals surface area contributed by atoms with Crippen LogP contribution in [0.3, 0.4) is 0 Å². The van der Waals surface area contributed by atoms with Gasteiger partial charge < -0.3 is 25.0 Å². The molecule has 9 nitrogen and oxygen atoms in total. The van der Waals surface area contributed by atoms with Crippen molar-refractivity contribution in [1.82, 2.24) is 20.3 Å². The first-order valence-corrected chi connectivity index (χ1v) is 10.9. The normalized spacial score (nSPS) is 18.8. The topological polar surface area (TPSA) is 104 Å². The molecule has 2 aliphatic heterocycles. The average Bonchev–Trinajstić information content (AvgIpc) is 3.32. The molecule has 4 heterocycles. The van der Waals surface area contributed by atoms with Gasteiger partial charge in [0, 0.05) is 56.4 Å². The van der Waals surface area contributed by atoms with Gasteiger partial charge in [-0.2, -0.15) is 0 Å². The molecule has 0 saturated carbocycles. The lowest BCUT2D eigenvalue weighted by Gasteiger charge is -2.29. The van der Waals surface area contributed by atoms with E-state index in [1.807, 2.05) is 6.07 Å². The van der Waals surface area contributed by atoms with E-state index in [0.29, 0.717) is 6.54 Å². The van der Waals surface area contributed by atoms with E-state index in [4.69, 9.17) is 14.8 Å². The number of benzene rings is 1. The van der Waals surface area contributed by atoms with Gasteiger partial charge in [-0.15, -0.1) is 0 Å². The number of ether oxygens (including phenoxy) is 1. The predicted octanol–water partition coefficient (Wildman–Crippen LogP) is 2.62. The van der Waals surface area contributed by atoms with Crippen molar-refractivity contribution in [2.75, 3.05) is 55.7 Å². The number of nitrogens with zero attached hydrogens (tertiary/aromatic N) is 5. The van der Waals surface area contributed by atoms with Crippen LogP contribution in [-0.2, 0) is 4.74 Å². The summed E-state index contributed by atoms with van der Waals surface area (Å²) < 4.78 is 5.45. The molecule has 166 valence electrons. The number of aromatic nitrogens is 3. The molecule has 32 heavy (non-hydrogen) atoms. The number of hydrogen-bond acceptors (Lipinski definition) is 7. The van der Waals surface area contributed by atoms with Crippen LogP contribution in [0.5, 0.6) is 0 Å². The molecule has 1 aromatic carbocycles. The lowest BCUT2D eigenvalue weighted by Crippen LogP contribution is -2.36. The smallest absolute Gasteiger partial charge is 0.404 e. The molecule has 2 aliphatic rings. The third-order valence-corrected chi connectivity index (χ3v) is 6.10. The molecule has 2 aromatic heterocycles. The van der Waals surface area contributed by atoms with Crippen molar-refractivity contribution in [3.63, 3.8) is 0 Å². The van der Waals surface area contributed by atoms with E-state index in [1.54, 1.807) is 12.4 Å². The van der Waals surface area contributed by atoms with Gasteiger partial charge in [-0.3, -0.25) is 4.98 Å². The lowest BCUT2D eigenvalue weighted by atomic mass is 10.1. The number of rotatable bonds is 5. The lowest BCUT2D eigenvalue weighted by molar-refractivity contribution is 0.122. The first-order chi connectivity index (χ1) is 15.7. The fourth-order valence-electron chi connectivity index (χ4n) is 4.41. The fraction of sp³-hybridized carbons (Fsp3) is 0.391. The van der Waals surface area contributed by atoms with Gasteiger partial charge >= 0.3 is 6.09 Å². The number of pyridine rings is 1. The van der Waals surface area contributed by atoms with Gasteiger partial charge in [0.1, 0.15) is 5.52 Å². The Labute approximate surface area is 186 Å². The van der Waals surface area contributed by atoms with E-state index >= 15 is 0 Å². The Morgan fingerprint density at radius 3 is 2.66 bits per heavy atom. The predicted molar refractivity (Wildman–Crippen MR) is 122 cm³/mol. The van der Waals surface area contributed by atoms with Gasteiger partial charge in [-0.1, -0.05) is 12.1 Å². The first-order valence-electron chi connectivity index (χ1n) is 10.9. The van der Waals surface area contributed by atoms with Crippen molar-refractivity contribution in [2.45, 2.75) is 6.42 Å². The summed E-state index contributed by atoms with van der Waals surface area (Å²) >= 11 is 0. The van der Waals surface area contributed by atoms with Crippen LogP contribution in [0.15, 0.2) is 42.7 Å². The third kappa shape index (κ3) is 4.29. The van der Waals surface area contributed by atoms with E-state index in [1.165, 1.54) is 5.69 Å². The van der Waals surface area contributed by atoms with Crippen molar-refractivity contribution in [2.24, 2.45) is 5.92 Å². The molecule has 2 fully saturated rings. The summed E-state index contributed by atoms with van der Waals surface area (Å²) in [5.74, 6) is 1.05. The fourth-order valence-corrected chi connectivity index (χ4v) is 4.41. The van der Waals surface area contributed by atoms with Crippen molar-refractivity contribution in [1.29, 1.82) is 0 Å². The van der Waals surface area contributed by atoms with Gasteiger partial charge in [-0.05, 0) is 30.5 Å². The number of anilines is 2. The molecule has 0 radical (unpaired) electrons. The molecular weight excluding hydrogens is 408 g/mol. The summed E-state index contributed by atoms with van der Waals surface area (Å²) in [5, 5.41) is 11.4. The Balaban J connectivity index is 1.43. The summed E-state index contributed by atoms with van der Waals surface area (Å²) in [7, 11) is 0. The number of amides is 1. The molecule has 0 spiro atoms. The summed E-state index contributed by atoms with van der Waals surface area (Å²) in [6, 6.07) is 10.4. The Kier molecular flexibility index (Phi) is 5.72. The van der Waals surface area contributed by atoms with Crippen molar-refractivity contribution < 1.29 is 14.6 Å². The van der Waals surface area contributed by atoms with Crippen LogP contribution >= 0.6 is 0 Å². The molecule has 1 amide bonds. The standard InChI is InChI=1S/C23H26N6O3/c30-23(31)26-14-16-5-8-29(15-16)22-21-20(24-6-7-25-21)13-19(27-22)17-1-3-18(4-2-17)28-9-11-32-12-10-28/h1-4,6-7,13,16,26H,5,8-12,14-15H2,(H,30,31). The quantitative estimate of drug-likeness (QED) is 0.632. The highest BCUT2D eigenvalue weighted by molar-refractivity contribution is 5.89. The van der Waals surface area contributed by atoms with Crippen molar-refractivity contribution >= 4 is 28.6 Å². The van der Waals surface area contributed by atoms with Crippen molar-refractivity contribution in [3.05, 3.63) is 42.7 Å². The molecule has 0 bridgehead atoms. The van der Waals surface area contributed by atoms with E-state index in [-0.39, 0.29) is 5.92 Å². The Morgan fingerprint density at radius 1 is 1.09 bits per heavy atom. The maximum absolute atomic E-state index is 10.8. The van der Waals surface area contributed by atoms with Crippen molar-refractivity contribution in [3.8, 4) is 11.3 Å². The van der Waals surface area contributed by atoms with Gasteiger partial charge in [0.15, 0.2) is 5.82 Å². The molecule has 9 heteroatoms. The average molecular weight is 435 g/mol. The minimum atomic E-state index is -0.986. The van der Waals surface area contributed by atoms with Crippen LogP contribution in [-0.4, -0.2) is 72.1 Å². The van der Waals surface area contributed by atoms with Gasteiger partial charge in [0.25, 0.3) is 0 Å². The Morgan fingerprint density at radius 2 is 1.88 bits per heavy atom. The van der Waals surface area contributed by atoms with Crippen LogP contribution in [0.4, 0.5) is 16.3 Å². The molecule has 1 atom stereocenters. The molecule has 0 aliphatic carbocycles. The summed E-state index contributed by atoms with van der Waals surface area (Å²) in [6.07, 6.45) is 3.30. The number of nitrogens with one attached hydrogen (secondary N) is 1. The molecule has 5 rings (SSSR count). The highest BCUT2D eigenvalue weighted by Gasteiger charge is 2.26. The second-order valence-corrected chi connectivity index (χ2v) is 8.19. The maximum atomic E-state index is 10.8. The van der Waals surface area contributed by atoms with Gasteiger partial charge in [0.05, 0.1) is 24.4 Å². The second kappa shape index (κ2) is 8.96. The highest BCUT2D eigenvalue weighted by Crippen LogP contribution is 2.31. The zero-order valence-corrected chi connectivity index (χ0v) is 17.8. The number of carbonyl (C=O) groups is 1. The highest BCUT2D eigenvalue weighted by atomic mass is 16.5. The van der Waals surface area contributed by atoms with E-state index in [0.717, 1.165) is 73.9 Å². The summed E-state index contributed by atoms with van der Waals surface area (Å²) in [4.78, 5) is 29.4. The zero-order valence-electron chi connectivity index (χ0n) is 17.8. The van der Waals surface area contributed by atoms with Crippen LogP contribution in [0.25, 0.3) is 22.3 Å². The van der Waals surface area contributed by atoms with E-state index in [9.17, 15) is 4.79 Å². The summed E-state index contributed by atoms with van der Waals surface area (Å²) in [6.45, 7) is 5.31.